The average molecular weight is 377 g/mol. The van der Waals surface area contributed by atoms with Gasteiger partial charge in [-0.2, -0.15) is 0 Å². The number of carbonyl (C=O) groups is 2. The monoisotopic (exact) mass is 376 g/mol. The van der Waals surface area contributed by atoms with Gasteiger partial charge in [-0.15, -0.1) is 0 Å². The molecule has 0 saturated carbocycles. The van der Waals surface area contributed by atoms with Crippen molar-refractivity contribution in [1.29, 1.82) is 0 Å². The predicted octanol–water partition coefficient (Wildman–Crippen LogP) is 4.10. The van der Waals surface area contributed by atoms with Crippen LogP contribution < -0.4 is 10.1 Å². The van der Waals surface area contributed by atoms with Crippen LogP contribution in [0.3, 0.4) is 0 Å². The summed E-state index contributed by atoms with van der Waals surface area (Å²) in [5.41, 5.74) is 0.635. The maximum absolute atomic E-state index is 12.2. The van der Waals surface area contributed by atoms with E-state index in [1.165, 1.54) is 12.1 Å². The second-order valence-corrected chi connectivity index (χ2v) is 6.24. The van der Waals surface area contributed by atoms with Gasteiger partial charge < -0.3 is 10.1 Å². The number of anilines is 1. The number of amides is 1. The Balaban J connectivity index is 2.02. The molecule has 26 heavy (non-hydrogen) atoms. The Morgan fingerprint density at radius 1 is 1.19 bits per heavy atom. The van der Waals surface area contributed by atoms with Crippen molar-refractivity contribution < 1.29 is 19.2 Å². The second kappa shape index (κ2) is 8.44. The highest BCUT2D eigenvalue weighted by atomic mass is 35.5. The minimum Gasteiger partial charge on any atom is -0.478 e. The summed E-state index contributed by atoms with van der Waals surface area (Å²) >= 11 is 5.73. The Labute approximate surface area is 155 Å². The van der Waals surface area contributed by atoms with Crippen LogP contribution in [0.15, 0.2) is 42.5 Å². The van der Waals surface area contributed by atoms with Gasteiger partial charge in [0.05, 0.1) is 4.92 Å². The van der Waals surface area contributed by atoms with Gasteiger partial charge >= 0.3 is 5.69 Å². The van der Waals surface area contributed by atoms with Gasteiger partial charge in [-0.25, -0.2) is 0 Å². The Morgan fingerprint density at radius 3 is 2.42 bits per heavy atom. The number of hydrogen-bond acceptors (Lipinski definition) is 5. The number of carbonyl (C=O) groups excluding carboxylic acids is 2. The van der Waals surface area contributed by atoms with Crippen LogP contribution in [0.2, 0.25) is 5.02 Å². The maximum Gasteiger partial charge on any atom is 0.312 e. The quantitative estimate of drug-likeness (QED) is 0.445. The molecule has 0 aliphatic rings. The molecule has 0 aromatic heterocycles. The molecule has 0 atom stereocenters. The largest absolute Gasteiger partial charge is 0.478 e. The minimum atomic E-state index is -0.627. The molecule has 0 unspecified atom stereocenters. The highest BCUT2D eigenvalue weighted by Crippen LogP contribution is 2.30. The third kappa shape index (κ3) is 5.03. The summed E-state index contributed by atoms with van der Waals surface area (Å²) in [6, 6.07) is 10.3. The van der Waals surface area contributed by atoms with Crippen molar-refractivity contribution in [3.63, 3.8) is 0 Å². The molecule has 2 aromatic carbocycles. The molecule has 0 aliphatic heterocycles. The SMILES string of the molecule is CC(C)C(=O)Nc1ccc(C(=O)COc2ccc(Cl)cc2[N+](=O)[O-])cc1. The number of nitro benzene ring substituents is 1. The molecule has 0 aliphatic carbocycles. The van der Waals surface area contributed by atoms with Gasteiger partial charge in [0, 0.05) is 28.3 Å². The number of ketones is 1. The number of rotatable bonds is 7. The summed E-state index contributed by atoms with van der Waals surface area (Å²) in [5.74, 6) is -0.660. The molecule has 7 nitrogen and oxygen atoms in total. The van der Waals surface area contributed by atoms with Gasteiger partial charge in [0.1, 0.15) is 0 Å². The van der Waals surface area contributed by atoms with Crippen LogP contribution in [0.5, 0.6) is 5.75 Å². The van der Waals surface area contributed by atoms with Crippen LogP contribution >= 0.6 is 11.6 Å². The zero-order valence-electron chi connectivity index (χ0n) is 14.2. The van der Waals surface area contributed by atoms with E-state index in [2.05, 4.69) is 5.32 Å². The Hall–Kier alpha value is -2.93. The summed E-state index contributed by atoms with van der Waals surface area (Å²) < 4.78 is 5.28. The van der Waals surface area contributed by atoms with Crippen molar-refractivity contribution in [3.05, 3.63) is 63.2 Å². The lowest BCUT2D eigenvalue weighted by Gasteiger charge is -2.09. The lowest BCUT2D eigenvalue weighted by atomic mass is 10.1. The van der Waals surface area contributed by atoms with Gasteiger partial charge in [0.15, 0.2) is 18.1 Å². The van der Waals surface area contributed by atoms with E-state index < -0.39 is 4.92 Å². The van der Waals surface area contributed by atoms with Crippen LogP contribution in [0.4, 0.5) is 11.4 Å². The molecule has 0 heterocycles. The van der Waals surface area contributed by atoms with E-state index in [0.717, 1.165) is 6.07 Å². The summed E-state index contributed by atoms with van der Waals surface area (Å²) in [4.78, 5) is 34.2. The highest BCUT2D eigenvalue weighted by molar-refractivity contribution is 6.30. The number of Topliss-reactive ketones (excluding diaryl/α,β-unsaturated/α-hetero) is 1. The highest BCUT2D eigenvalue weighted by Gasteiger charge is 2.17. The summed E-state index contributed by atoms with van der Waals surface area (Å²) in [7, 11) is 0. The van der Waals surface area contributed by atoms with Gasteiger partial charge in [0.25, 0.3) is 0 Å². The zero-order chi connectivity index (χ0) is 19.3. The van der Waals surface area contributed by atoms with E-state index in [1.807, 2.05) is 0 Å². The lowest BCUT2D eigenvalue weighted by molar-refractivity contribution is -0.385. The maximum atomic E-state index is 12.2. The smallest absolute Gasteiger partial charge is 0.312 e. The molecular formula is C18H17ClN2O5. The second-order valence-electron chi connectivity index (χ2n) is 5.80. The van der Waals surface area contributed by atoms with Crippen molar-refractivity contribution in [1.82, 2.24) is 0 Å². The van der Waals surface area contributed by atoms with Crippen molar-refractivity contribution in [2.45, 2.75) is 13.8 Å². The molecule has 0 spiro atoms. The van der Waals surface area contributed by atoms with Gasteiger partial charge in [-0.3, -0.25) is 19.7 Å². The van der Waals surface area contributed by atoms with Crippen LogP contribution in [0.1, 0.15) is 24.2 Å². The Morgan fingerprint density at radius 2 is 1.85 bits per heavy atom. The number of ether oxygens (including phenoxy) is 1. The summed E-state index contributed by atoms with van der Waals surface area (Å²) in [5, 5.41) is 13.9. The number of halogens is 1. The van der Waals surface area contributed by atoms with E-state index in [4.69, 9.17) is 16.3 Å². The fourth-order valence-corrected chi connectivity index (χ4v) is 2.17. The van der Waals surface area contributed by atoms with E-state index in [0.29, 0.717) is 11.3 Å². The molecule has 0 fully saturated rings. The Bertz CT molecular complexity index is 834. The minimum absolute atomic E-state index is 0.0337. The number of hydrogen-bond donors (Lipinski definition) is 1. The van der Waals surface area contributed by atoms with Gasteiger partial charge in [0.2, 0.25) is 5.91 Å². The summed E-state index contributed by atoms with van der Waals surface area (Å²) in [6.07, 6.45) is 0. The fourth-order valence-electron chi connectivity index (χ4n) is 2.01. The molecule has 0 radical (unpaired) electrons. The fraction of sp³-hybridized carbons (Fsp3) is 0.222. The van der Waals surface area contributed by atoms with E-state index >= 15 is 0 Å². The van der Waals surface area contributed by atoms with Crippen LogP contribution in [0, 0.1) is 16.0 Å². The van der Waals surface area contributed by atoms with Crippen LogP contribution in [-0.4, -0.2) is 23.2 Å². The molecule has 2 aromatic rings. The Kier molecular flexibility index (Phi) is 6.30. The normalized spacial score (nSPS) is 10.5. The van der Waals surface area contributed by atoms with E-state index in [1.54, 1.807) is 38.1 Å². The average Bonchev–Trinajstić information content (AvgIpc) is 2.60. The molecule has 1 N–H and O–H groups in total. The van der Waals surface area contributed by atoms with Crippen LogP contribution in [0.25, 0.3) is 0 Å². The first-order valence-electron chi connectivity index (χ1n) is 7.79. The number of nitro groups is 1. The van der Waals surface area contributed by atoms with Crippen molar-refractivity contribution in [2.75, 3.05) is 11.9 Å². The first-order valence-corrected chi connectivity index (χ1v) is 8.16. The van der Waals surface area contributed by atoms with Gasteiger partial charge in [-0.05, 0) is 36.4 Å². The van der Waals surface area contributed by atoms with Crippen molar-refractivity contribution in [2.24, 2.45) is 5.92 Å². The molecule has 136 valence electrons. The molecular weight excluding hydrogens is 360 g/mol. The molecule has 0 saturated heterocycles. The molecule has 8 heteroatoms. The lowest BCUT2D eigenvalue weighted by Crippen LogP contribution is -2.18. The van der Waals surface area contributed by atoms with Gasteiger partial charge in [-0.1, -0.05) is 25.4 Å². The van der Waals surface area contributed by atoms with Crippen molar-refractivity contribution in [3.8, 4) is 5.75 Å². The molecule has 2 rings (SSSR count). The number of nitrogens with one attached hydrogen (secondary N) is 1. The van der Waals surface area contributed by atoms with Crippen LogP contribution in [-0.2, 0) is 4.79 Å². The first kappa shape index (κ1) is 19.4. The third-order valence-electron chi connectivity index (χ3n) is 3.48. The van der Waals surface area contributed by atoms with E-state index in [9.17, 15) is 19.7 Å². The zero-order valence-corrected chi connectivity index (χ0v) is 14.9. The standard InChI is InChI=1S/C18H17ClN2O5/c1-11(2)18(23)20-14-6-3-12(4-7-14)16(22)10-26-17-8-5-13(19)9-15(17)21(24)25/h3-9,11H,10H2,1-2H3,(H,20,23). The molecule has 0 bridgehead atoms. The molecule has 1 amide bonds. The van der Waals surface area contributed by atoms with Crippen molar-refractivity contribution >= 4 is 34.7 Å². The number of nitrogens with zero attached hydrogens (tertiary/aromatic N) is 1. The predicted molar refractivity (Wildman–Crippen MR) is 97.8 cm³/mol. The number of benzene rings is 2. The first-order chi connectivity index (χ1) is 12.3. The third-order valence-corrected chi connectivity index (χ3v) is 3.71. The van der Waals surface area contributed by atoms with E-state index in [-0.39, 0.29) is 40.7 Å². The topological polar surface area (TPSA) is 98.5 Å². The summed E-state index contributed by atoms with van der Waals surface area (Å²) in [6.45, 7) is 3.20.